The van der Waals surface area contributed by atoms with Gasteiger partial charge in [0.15, 0.2) is 5.82 Å². The molecular weight excluding hydrogens is 509 g/mol. The molecule has 30 heavy (non-hydrogen) atoms. The number of hydrogen-bond acceptors (Lipinski definition) is 7. The fourth-order valence-corrected chi connectivity index (χ4v) is 7.70. The molecule has 0 radical (unpaired) electrons. The maximum Gasteiger partial charge on any atom is 0.330 e. The van der Waals surface area contributed by atoms with E-state index in [1.54, 1.807) is 11.3 Å². The Kier molecular flexibility index (Phi) is 7.02. The van der Waals surface area contributed by atoms with Crippen molar-refractivity contribution in [2.45, 2.75) is 26.7 Å². The Balaban J connectivity index is 1.56. The van der Waals surface area contributed by atoms with Crippen molar-refractivity contribution in [1.29, 1.82) is 0 Å². The number of rotatable bonds is 7. The molecule has 0 N–H and O–H groups in total. The van der Waals surface area contributed by atoms with Gasteiger partial charge in [-0.15, -0.1) is 11.3 Å². The molecule has 10 heteroatoms. The van der Waals surface area contributed by atoms with E-state index in [2.05, 4.69) is 42.9 Å². The van der Waals surface area contributed by atoms with Gasteiger partial charge in [0.05, 0.1) is 29.6 Å². The highest BCUT2D eigenvalue weighted by Gasteiger charge is 2.31. The molecule has 0 bridgehead atoms. The summed E-state index contributed by atoms with van der Waals surface area (Å²) < 4.78 is 27.1. The van der Waals surface area contributed by atoms with E-state index in [9.17, 15) is 4.57 Å². The quantitative estimate of drug-likeness (QED) is 0.248. The van der Waals surface area contributed by atoms with Gasteiger partial charge < -0.3 is 13.9 Å². The average Bonchev–Trinajstić information content (AvgIpc) is 3.06. The van der Waals surface area contributed by atoms with Crippen LogP contribution in [0.25, 0.3) is 20.3 Å². The van der Waals surface area contributed by atoms with Crippen molar-refractivity contribution < 1.29 is 13.6 Å². The first-order valence-electron chi connectivity index (χ1n) is 10.1. The predicted octanol–water partition coefficient (Wildman–Crippen LogP) is 6.74. The van der Waals surface area contributed by atoms with Gasteiger partial charge in [-0.3, -0.25) is 4.57 Å². The zero-order valence-electron chi connectivity index (χ0n) is 16.9. The standard InChI is InChI=1S/C20H24BrClN3O3PS/c1-3-27-29(26,28-4-2)12-13-7-9-25(10-8-13)19-18-17(23-20(22)24-19)15-11-14(21)5-6-16(15)30-18/h5-6,11,13H,3-4,7-10,12H2,1-2H3. The lowest BCUT2D eigenvalue weighted by Crippen LogP contribution is -2.35. The molecule has 0 spiro atoms. The van der Waals surface area contributed by atoms with Crippen LogP contribution >= 0.6 is 46.5 Å². The molecule has 4 rings (SSSR count). The van der Waals surface area contributed by atoms with E-state index in [1.165, 1.54) is 0 Å². The molecule has 3 aromatic rings. The summed E-state index contributed by atoms with van der Waals surface area (Å²) in [6.07, 6.45) is 2.28. The summed E-state index contributed by atoms with van der Waals surface area (Å²) in [5.41, 5.74) is 0.894. The second kappa shape index (κ2) is 9.39. The largest absolute Gasteiger partial charge is 0.355 e. The molecule has 1 aliphatic rings. The minimum Gasteiger partial charge on any atom is -0.355 e. The highest BCUT2D eigenvalue weighted by molar-refractivity contribution is 9.10. The lowest BCUT2D eigenvalue weighted by atomic mass is 9.99. The van der Waals surface area contributed by atoms with Crippen molar-refractivity contribution in [3.63, 3.8) is 0 Å². The third-order valence-electron chi connectivity index (χ3n) is 5.28. The number of nitrogens with zero attached hydrogens (tertiary/aromatic N) is 3. The average molecular weight is 533 g/mol. The second-order valence-corrected chi connectivity index (χ2v) is 11.7. The summed E-state index contributed by atoms with van der Waals surface area (Å²) in [6, 6.07) is 6.20. The lowest BCUT2D eigenvalue weighted by molar-refractivity contribution is 0.213. The summed E-state index contributed by atoms with van der Waals surface area (Å²) in [7, 11) is -3.02. The number of halogens is 2. The molecule has 0 aliphatic carbocycles. The van der Waals surface area contributed by atoms with Crippen LogP contribution in [0.5, 0.6) is 0 Å². The van der Waals surface area contributed by atoms with E-state index < -0.39 is 7.60 Å². The molecule has 1 fully saturated rings. The van der Waals surface area contributed by atoms with Crippen LogP contribution in [-0.2, 0) is 13.6 Å². The van der Waals surface area contributed by atoms with Gasteiger partial charge in [0.2, 0.25) is 5.28 Å². The summed E-state index contributed by atoms with van der Waals surface area (Å²) in [5.74, 6) is 1.19. The summed E-state index contributed by atoms with van der Waals surface area (Å²) >= 11 is 11.5. The van der Waals surface area contributed by atoms with Crippen LogP contribution in [0.1, 0.15) is 26.7 Å². The van der Waals surface area contributed by atoms with Crippen molar-refractivity contribution in [3.05, 3.63) is 28.0 Å². The van der Waals surface area contributed by atoms with Crippen molar-refractivity contribution >= 4 is 72.6 Å². The molecule has 3 heterocycles. The van der Waals surface area contributed by atoms with Crippen molar-refractivity contribution in [3.8, 4) is 0 Å². The molecule has 0 saturated carbocycles. The highest BCUT2D eigenvalue weighted by atomic mass is 79.9. The zero-order chi connectivity index (χ0) is 21.3. The van der Waals surface area contributed by atoms with Gasteiger partial charge in [-0.2, -0.15) is 4.98 Å². The number of piperidine rings is 1. The predicted molar refractivity (Wildman–Crippen MR) is 128 cm³/mol. The van der Waals surface area contributed by atoms with Crippen LogP contribution in [-0.4, -0.2) is 42.4 Å². The van der Waals surface area contributed by atoms with E-state index >= 15 is 0 Å². The molecular formula is C20H24BrClN3O3PS. The first-order chi connectivity index (χ1) is 14.4. The Morgan fingerprint density at radius 3 is 2.60 bits per heavy atom. The zero-order valence-corrected chi connectivity index (χ0v) is 21.0. The highest BCUT2D eigenvalue weighted by Crippen LogP contribution is 2.51. The molecule has 162 valence electrons. The monoisotopic (exact) mass is 531 g/mol. The van der Waals surface area contributed by atoms with Crippen molar-refractivity contribution in [1.82, 2.24) is 9.97 Å². The summed E-state index contributed by atoms with van der Waals surface area (Å²) in [6.45, 7) is 6.14. The van der Waals surface area contributed by atoms with E-state index in [-0.39, 0.29) is 5.28 Å². The number of hydrogen-bond donors (Lipinski definition) is 0. The van der Waals surface area contributed by atoms with Crippen molar-refractivity contribution in [2.75, 3.05) is 37.4 Å². The normalized spacial score (nSPS) is 16.1. The Morgan fingerprint density at radius 1 is 1.23 bits per heavy atom. The Labute approximate surface area is 193 Å². The molecule has 2 aromatic heterocycles. The lowest BCUT2D eigenvalue weighted by Gasteiger charge is -2.34. The minimum absolute atomic E-state index is 0.261. The van der Waals surface area contributed by atoms with Crippen LogP contribution in [0.4, 0.5) is 5.82 Å². The first kappa shape index (κ1) is 22.4. The Morgan fingerprint density at radius 2 is 1.93 bits per heavy atom. The van der Waals surface area contributed by atoms with Gasteiger partial charge in [-0.1, -0.05) is 15.9 Å². The fraction of sp³-hybridized carbons (Fsp3) is 0.500. The Bertz CT molecular complexity index is 1090. The van der Waals surface area contributed by atoms with Gasteiger partial charge in [0.25, 0.3) is 0 Å². The number of fused-ring (bicyclic) bond motifs is 3. The number of benzene rings is 1. The fourth-order valence-electron chi connectivity index (χ4n) is 3.97. The van der Waals surface area contributed by atoms with Gasteiger partial charge >= 0.3 is 7.60 Å². The number of anilines is 1. The van der Waals surface area contributed by atoms with E-state index in [0.29, 0.717) is 25.3 Å². The van der Waals surface area contributed by atoms with Crippen LogP contribution in [0, 0.1) is 5.92 Å². The SMILES string of the molecule is CCOP(=O)(CC1CCN(c2nc(Cl)nc3c2sc2ccc(Br)cc23)CC1)OCC. The molecule has 0 atom stereocenters. The van der Waals surface area contributed by atoms with Crippen LogP contribution in [0.15, 0.2) is 22.7 Å². The third-order valence-corrected chi connectivity index (χ3v) is 9.36. The minimum atomic E-state index is -3.02. The number of thiophene rings is 1. The number of aromatic nitrogens is 2. The van der Waals surface area contributed by atoms with Gasteiger partial charge in [-0.05, 0) is 62.4 Å². The van der Waals surface area contributed by atoms with Gasteiger partial charge in [0.1, 0.15) is 0 Å². The van der Waals surface area contributed by atoms with Crippen molar-refractivity contribution in [2.24, 2.45) is 5.92 Å². The first-order valence-corrected chi connectivity index (χ1v) is 13.8. The Hall–Kier alpha value is -0.760. The van der Waals surface area contributed by atoms with Crippen LogP contribution in [0.2, 0.25) is 5.28 Å². The third kappa shape index (κ3) is 4.69. The second-order valence-electron chi connectivity index (χ2n) is 7.30. The van der Waals surface area contributed by atoms with E-state index in [1.807, 2.05) is 19.9 Å². The smallest absolute Gasteiger partial charge is 0.330 e. The molecule has 0 amide bonds. The molecule has 1 aromatic carbocycles. The van der Waals surface area contributed by atoms with Crippen LogP contribution in [0.3, 0.4) is 0 Å². The topological polar surface area (TPSA) is 64.5 Å². The van der Waals surface area contributed by atoms with Crippen LogP contribution < -0.4 is 4.90 Å². The maximum absolute atomic E-state index is 12.9. The summed E-state index contributed by atoms with van der Waals surface area (Å²) in [5, 5.41) is 1.34. The molecule has 0 unspecified atom stereocenters. The van der Waals surface area contributed by atoms with E-state index in [4.69, 9.17) is 20.6 Å². The van der Waals surface area contributed by atoms with Gasteiger partial charge in [-0.25, -0.2) is 4.98 Å². The molecule has 1 saturated heterocycles. The summed E-state index contributed by atoms with van der Waals surface area (Å²) in [4.78, 5) is 11.4. The molecule has 6 nitrogen and oxygen atoms in total. The van der Waals surface area contributed by atoms with E-state index in [0.717, 1.165) is 56.5 Å². The van der Waals surface area contributed by atoms with Gasteiger partial charge in [0, 0.05) is 27.6 Å². The maximum atomic E-state index is 12.9. The molecule has 1 aliphatic heterocycles.